The minimum absolute atomic E-state index is 0.109. The first-order valence-electron chi connectivity index (χ1n) is 6.41. The van der Waals surface area contributed by atoms with Crippen molar-refractivity contribution < 1.29 is 19.1 Å². The minimum Gasteiger partial charge on any atom is -0.475 e. The largest absolute Gasteiger partial charge is 0.475 e. The van der Waals surface area contributed by atoms with Crippen LogP contribution in [0.15, 0.2) is 12.3 Å². The lowest BCUT2D eigenvalue weighted by Crippen LogP contribution is -2.37. The van der Waals surface area contributed by atoms with Gasteiger partial charge in [-0.3, -0.25) is 9.59 Å². The molecule has 0 spiro atoms. The van der Waals surface area contributed by atoms with E-state index in [1.54, 1.807) is 11.0 Å². The van der Waals surface area contributed by atoms with Crippen molar-refractivity contribution in [1.82, 2.24) is 9.88 Å². The van der Waals surface area contributed by atoms with E-state index in [2.05, 4.69) is 4.98 Å². The number of carbonyl (C=O) groups excluding carboxylic acids is 2. The number of hydrogen-bond donors (Lipinski definition) is 1. The summed E-state index contributed by atoms with van der Waals surface area (Å²) in [4.78, 5) is 29.2. The van der Waals surface area contributed by atoms with Crippen molar-refractivity contribution >= 4 is 17.6 Å². The van der Waals surface area contributed by atoms with Crippen LogP contribution in [-0.4, -0.2) is 47.1 Å². The van der Waals surface area contributed by atoms with Crippen LogP contribution < -0.4 is 10.5 Å². The summed E-state index contributed by atoms with van der Waals surface area (Å²) >= 11 is 0. The number of pyridine rings is 1. The monoisotopic (exact) mass is 277 g/mol. The molecule has 0 bridgehead atoms. The van der Waals surface area contributed by atoms with Crippen LogP contribution >= 0.6 is 0 Å². The SMILES string of the molecule is CC(=O)O[C@H]1C[C@@H]2COc3ncc(N)cc3C(=O)N2C1. The van der Waals surface area contributed by atoms with Gasteiger partial charge >= 0.3 is 5.97 Å². The van der Waals surface area contributed by atoms with Crippen molar-refractivity contribution in [2.45, 2.75) is 25.5 Å². The number of ether oxygens (including phenoxy) is 2. The summed E-state index contributed by atoms with van der Waals surface area (Å²) < 4.78 is 10.7. The van der Waals surface area contributed by atoms with Crippen molar-refractivity contribution in [3.8, 4) is 5.88 Å². The molecular formula is C13H15N3O4. The number of esters is 1. The zero-order valence-electron chi connectivity index (χ0n) is 11.0. The van der Waals surface area contributed by atoms with E-state index in [-0.39, 0.29) is 24.0 Å². The van der Waals surface area contributed by atoms with Crippen molar-refractivity contribution in [3.63, 3.8) is 0 Å². The van der Waals surface area contributed by atoms with Gasteiger partial charge in [-0.05, 0) is 6.07 Å². The number of nitrogen functional groups attached to an aromatic ring is 1. The average Bonchev–Trinajstić information content (AvgIpc) is 2.73. The molecule has 3 heterocycles. The van der Waals surface area contributed by atoms with E-state index in [1.165, 1.54) is 13.1 Å². The first kappa shape index (κ1) is 12.7. The number of carbonyl (C=O) groups is 2. The topological polar surface area (TPSA) is 94.7 Å². The third-order valence-corrected chi connectivity index (χ3v) is 3.48. The zero-order valence-corrected chi connectivity index (χ0v) is 11.0. The molecule has 3 rings (SSSR count). The van der Waals surface area contributed by atoms with Crippen LogP contribution in [0.5, 0.6) is 5.88 Å². The lowest BCUT2D eigenvalue weighted by molar-refractivity contribution is -0.145. The second-order valence-electron chi connectivity index (χ2n) is 5.01. The number of rotatable bonds is 1. The molecule has 1 saturated heterocycles. The Balaban J connectivity index is 1.86. The van der Waals surface area contributed by atoms with E-state index in [4.69, 9.17) is 15.2 Å². The van der Waals surface area contributed by atoms with Crippen molar-refractivity contribution in [2.75, 3.05) is 18.9 Å². The molecular weight excluding hydrogens is 262 g/mol. The molecule has 1 aromatic rings. The highest BCUT2D eigenvalue weighted by atomic mass is 16.5. The maximum Gasteiger partial charge on any atom is 0.302 e. The fourth-order valence-electron chi connectivity index (χ4n) is 2.67. The molecule has 0 aliphatic carbocycles. The first-order valence-corrected chi connectivity index (χ1v) is 6.41. The normalized spacial score (nSPS) is 24.4. The van der Waals surface area contributed by atoms with Crippen molar-refractivity contribution in [2.24, 2.45) is 0 Å². The number of fused-ring (bicyclic) bond motifs is 2. The van der Waals surface area contributed by atoms with Crippen LogP contribution in [0.1, 0.15) is 23.7 Å². The van der Waals surface area contributed by atoms with Crippen LogP contribution in [0, 0.1) is 0 Å². The second kappa shape index (κ2) is 4.66. The molecule has 1 amide bonds. The second-order valence-corrected chi connectivity index (χ2v) is 5.01. The van der Waals surface area contributed by atoms with E-state index in [9.17, 15) is 9.59 Å². The molecule has 2 aliphatic rings. The van der Waals surface area contributed by atoms with Gasteiger partial charge < -0.3 is 20.1 Å². The molecule has 2 aliphatic heterocycles. The molecule has 20 heavy (non-hydrogen) atoms. The van der Waals surface area contributed by atoms with E-state index in [1.807, 2.05) is 0 Å². The predicted molar refractivity (Wildman–Crippen MR) is 69.1 cm³/mol. The highest BCUT2D eigenvalue weighted by molar-refractivity contribution is 5.98. The Labute approximate surface area is 115 Å². The molecule has 2 atom stereocenters. The maximum atomic E-state index is 12.5. The molecule has 0 unspecified atom stereocenters. The van der Waals surface area contributed by atoms with Crippen molar-refractivity contribution in [3.05, 3.63) is 17.8 Å². The summed E-state index contributed by atoms with van der Waals surface area (Å²) in [7, 11) is 0. The average molecular weight is 277 g/mol. The third-order valence-electron chi connectivity index (χ3n) is 3.48. The molecule has 0 saturated carbocycles. The van der Waals surface area contributed by atoms with Gasteiger partial charge in [0, 0.05) is 13.3 Å². The van der Waals surface area contributed by atoms with E-state index in [0.717, 1.165) is 0 Å². The van der Waals surface area contributed by atoms with E-state index < -0.39 is 0 Å². The van der Waals surface area contributed by atoms with E-state index >= 15 is 0 Å². The molecule has 1 fully saturated rings. The highest BCUT2D eigenvalue weighted by Crippen LogP contribution is 2.30. The molecule has 7 heteroatoms. The minimum atomic E-state index is -0.340. The zero-order chi connectivity index (χ0) is 14.3. The van der Waals surface area contributed by atoms with Gasteiger partial charge in [-0.2, -0.15) is 0 Å². The third kappa shape index (κ3) is 2.15. The Morgan fingerprint density at radius 1 is 1.60 bits per heavy atom. The number of hydrogen-bond acceptors (Lipinski definition) is 6. The van der Waals surface area contributed by atoms with Gasteiger partial charge in [0.1, 0.15) is 18.3 Å². The van der Waals surface area contributed by atoms with E-state index in [0.29, 0.717) is 36.7 Å². The van der Waals surface area contributed by atoms with Crippen LogP contribution in [0.2, 0.25) is 0 Å². The van der Waals surface area contributed by atoms with Gasteiger partial charge in [0.15, 0.2) is 0 Å². The Kier molecular flexibility index (Phi) is 2.96. The van der Waals surface area contributed by atoms with Crippen LogP contribution in [-0.2, 0) is 9.53 Å². The highest BCUT2D eigenvalue weighted by Gasteiger charge is 2.40. The predicted octanol–water partition coefficient (Wildman–Crippen LogP) is 0.202. The Morgan fingerprint density at radius 2 is 2.40 bits per heavy atom. The maximum absolute atomic E-state index is 12.5. The standard InChI is InChI=1S/C13H15N3O4/c1-7(17)20-10-3-9-6-19-12-11(2-8(14)4-15-12)13(18)16(9)5-10/h2,4,9-10H,3,5-6,14H2,1H3/t9-,10+/m1/s1. The fraction of sp³-hybridized carbons (Fsp3) is 0.462. The molecule has 106 valence electrons. The number of amides is 1. The van der Waals surface area contributed by atoms with Crippen LogP contribution in [0.3, 0.4) is 0 Å². The summed E-state index contributed by atoms with van der Waals surface area (Å²) in [5.74, 6) is -0.216. The first-order chi connectivity index (χ1) is 9.54. The van der Waals surface area contributed by atoms with Gasteiger partial charge in [-0.1, -0.05) is 0 Å². The summed E-state index contributed by atoms with van der Waals surface area (Å²) in [6, 6.07) is 1.45. The number of nitrogens with two attached hydrogens (primary N) is 1. The fourth-order valence-corrected chi connectivity index (χ4v) is 2.67. The van der Waals surface area contributed by atoms with Gasteiger partial charge in [-0.25, -0.2) is 4.98 Å². The Bertz CT molecular complexity index is 575. The summed E-state index contributed by atoms with van der Waals surface area (Å²) in [5.41, 5.74) is 6.44. The Morgan fingerprint density at radius 3 is 3.15 bits per heavy atom. The quantitative estimate of drug-likeness (QED) is 0.737. The molecule has 2 N–H and O–H groups in total. The summed E-state index contributed by atoms with van der Waals surface area (Å²) in [6.07, 6.45) is 1.76. The van der Waals surface area contributed by atoms with Gasteiger partial charge in [0.25, 0.3) is 5.91 Å². The molecule has 1 aromatic heterocycles. The smallest absolute Gasteiger partial charge is 0.302 e. The van der Waals surface area contributed by atoms with Gasteiger partial charge in [0.2, 0.25) is 5.88 Å². The summed E-state index contributed by atoms with van der Waals surface area (Å²) in [5, 5.41) is 0. The van der Waals surface area contributed by atoms with Crippen LogP contribution in [0.4, 0.5) is 5.69 Å². The number of aromatic nitrogens is 1. The number of anilines is 1. The molecule has 7 nitrogen and oxygen atoms in total. The number of nitrogens with zero attached hydrogens (tertiary/aromatic N) is 2. The van der Waals surface area contributed by atoms with Crippen molar-refractivity contribution in [1.29, 1.82) is 0 Å². The molecule has 0 radical (unpaired) electrons. The Hall–Kier alpha value is -2.31. The lowest BCUT2D eigenvalue weighted by atomic mass is 10.2. The molecule has 0 aromatic carbocycles. The van der Waals surface area contributed by atoms with Gasteiger partial charge in [-0.15, -0.1) is 0 Å². The van der Waals surface area contributed by atoms with Crippen LogP contribution in [0.25, 0.3) is 0 Å². The summed E-state index contributed by atoms with van der Waals surface area (Å²) in [6.45, 7) is 2.08. The van der Waals surface area contributed by atoms with Gasteiger partial charge in [0.05, 0.1) is 24.5 Å². The lowest BCUT2D eigenvalue weighted by Gasteiger charge is -2.19.